The first-order valence-corrected chi connectivity index (χ1v) is 6.71. The lowest BCUT2D eigenvalue weighted by atomic mass is 10.0. The molecule has 1 aromatic carbocycles. The summed E-state index contributed by atoms with van der Waals surface area (Å²) in [7, 11) is 0. The van der Waals surface area contributed by atoms with Gasteiger partial charge >= 0.3 is 5.97 Å². The highest BCUT2D eigenvalue weighted by molar-refractivity contribution is 5.67. The number of aliphatic carboxylic acids is 1. The molecule has 0 amide bonds. The van der Waals surface area contributed by atoms with E-state index in [0.717, 1.165) is 0 Å². The number of carbonyl (C=O) groups is 1. The van der Waals surface area contributed by atoms with Crippen molar-refractivity contribution in [3.63, 3.8) is 0 Å². The molecule has 0 fully saturated rings. The molecule has 0 spiro atoms. The van der Waals surface area contributed by atoms with Gasteiger partial charge in [-0.3, -0.25) is 14.7 Å². The lowest BCUT2D eigenvalue weighted by Crippen LogP contribution is -2.18. The number of rotatable bonds is 5. The first-order valence-electron chi connectivity index (χ1n) is 6.71. The van der Waals surface area contributed by atoms with E-state index in [9.17, 15) is 14.0 Å². The van der Waals surface area contributed by atoms with Crippen LogP contribution < -0.4 is 5.56 Å². The van der Waals surface area contributed by atoms with Gasteiger partial charge in [0.2, 0.25) is 0 Å². The Labute approximate surface area is 121 Å². The van der Waals surface area contributed by atoms with E-state index in [1.54, 1.807) is 6.07 Å². The number of benzene rings is 1. The number of nitrogens with zero attached hydrogens (tertiary/aromatic N) is 1. The average molecular weight is 292 g/mol. The molecule has 6 heteroatoms. The summed E-state index contributed by atoms with van der Waals surface area (Å²) in [6, 6.07) is 5.69. The van der Waals surface area contributed by atoms with Gasteiger partial charge in [-0.15, -0.1) is 0 Å². The van der Waals surface area contributed by atoms with Crippen LogP contribution in [-0.4, -0.2) is 20.9 Å². The van der Waals surface area contributed by atoms with Crippen LogP contribution in [0.1, 0.15) is 37.4 Å². The Morgan fingerprint density at radius 3 is 2.71 bits per heavy atom. The smallest absolute Gasteiger partial charge is 0.303 e. The van der Waals surface area contributed by atoms with Gasteiger partial charge in [0.25, 0.3) is 5.56 Å². The molecule has 0 saturated carbocycles. The standard InChI is InChI=1S/C15H17FN2O3/c1-9(2)14-12(6-7-13(19)20)15(21)18(17-14)11-5-3-4-10(16)8-11/h3-5,8-9,17H,6-7H2,1-2H3,(H,19,20). The fourth-order valence-corrected chi connectivity index (χ4v) is 2.24. The van der Waals surface area contributed by atoms with Crippen molar-refractivity contribution in [1.82, 2.24) is 9.78 Å². The minimum atomic E-state index is -0.956. The van der Waals surface area contributed by atoms with Crippen LogP contribution in [0.25, 0.3) is 5.69 Å². The van der Waals surface area contributed by atoms with Crippen LogP contribution in [0.4, 0.5) is 4.39 Å². The summed E-state index contributed by atoms with van der Waals surface area (Å²) < 4.78 is 14.6. The molecule has 5 nitrogen and oxygen atoms in total. The number of nitrogens with one attached hydrogen (secondary N) is 1. The van der Waals surface area contributed by atoms with E-state index in [1.165, 1.54) is 22.9 Å². The largest absolute Gasteiger partial charge is 0.481 e. The molecule has 0 saturated heterocycles. The highest BCUT2D eigenvalue weighted by Gasteiger charge is 2.18. The molecular weight excluding hydrogens is 275 g/mol. The van der Waals surface area contributed by atoms with Gasteiger partial charge in [-0.1, -0.05) is 19.9 Å². The molecular formula is C15H17FN2O3. The van der Waals surface area contributed by atoms with Gasteiger partial charge in [0.05, 0.1) is 5.69 Å². The molecule has 0 unspecified atom stereocenters. The molecule has 0 atom stereocenters. The minimum Gasteiger partial charge on any atom is -0.481 e. The van der Waals surface area contributed by atoms with Crippen LogP contribution in [0.15, 0.2) is 29.1 Å². The number of H-pyrrole nitrogens is 1. The second-order valence-corrected chi connectivity index (χ2v) is 5.17. The maximum Gasteiger partial charge on any atom is 0.303 e. The van der Waals surface area contributed by atoms with Crippen molar-refractivity contribution in [3.8, 4) is 5.69 Å². The van der Waals surface area contributed by atoms with Gasteiger partial charge < -0.3 is 5.11 Å². The second-order valence-electron chi connectivity index (χ2n) is 5.17. The van der Waals surface area contributed by atoms with Crippen molar-refractivity contribution in [2.24, 2.45) is 0 Å². The quantitative estimate of drug-likeness (QED) is 0.888. The average Bonchev–Trinajstić information content (AvgIpc) is 2.73. The third kappa shape index (κ3) is 3.21. The first kappa shape index (κ1) is 15.0. The van der Waals surface area contributed by atoms with E-state index >= 15 is 0 Å². The van der Waals surface area contributed by atoms with Gasteiger partial charge in [0.1, 0.15) is 5.82 Å². The van der Waals surface area contributed by atoms with E-state index in [1.807, 2.05) is 13.8 Å². The second kappa shape index (κ2) is 5.95. The molecule has 0 aliphatic heterocycles. The van der Waals surface area contributed by atoms with Crippen LogP contribution in [0.5, 0.6) is 0 Å². The Balaban J connectivity index is 2.51. The van der Waals surface area contributed by atoms with E-state index in [-0.39, 0.29) is 24.3 Å². The maximum atomic E-state index is 13.3. The SMILES string of the molecule is CC(C)c1[nH]n(-c2cccc(F)c2)c(=O)c1CCC(=O)O. The zero-order valence-corrected chi connectivity index (χ0v) is 11.9. The Bertz CT molecular complexity index is 716. The topological polar surface area (TPSA) is 75.1 Å². The number of hydrogen-bond donors (Lipinski definition) is 2. The zero-order valence-electron chi connectivity index (χ0n) is 11.9. The third-order valence-corrected chi connectivity index (χ3v) is 3.25. The maximum absolute atomic E-state index is 13.3. The van der Waals surface area contributed by atoms with Crippen molar-refractivity contribution in [2.75, 3.05) is 0 Å². The summed E-state index contributed by atoms with van der Waals surface area (Å²) in [6.07, 6.45) is 0.0382. The van der Waals surface area contributed by atoms with Crippen LogP contribution >= 0.6 is 0 Å². The van der Waals surface area contributed by atoms with Crippen LogP contribution in [-0.2, 0) is 11.2 Å². The van der Waals surface area contributed by atoms with E-state index in [0.29, 0.717) is 16.9 Å². The highest BCUT2D eigenvalue weighted by Crippen LogP contribution is 2.18. The Hall–Kier alpha value is -2.37. The van der Waals surface area contributed by atoms with E-state index < -0.39 is 11.8 Å². The molecule has 0 bridgehead atoms. The van der Waals surface area contributed by atoms with E-state index in [2.05, 4.69) is 5.10 Å². The number of aromatic nitrogens is 2. The number of aromatic amines is 1. The van der Waals surface area contributed by atoms with Crippen LogP contribution in [0.2, 0.25) is 0 Å². The monoisotopic (exact) mass is 292 g/mol. The lowest BCUT2D eigenvalue weighted by Gasteiger charge is -2.04. The Morgan fingerprint density at radius 1 is 1.43 bits per heavy atom. The predicted octanol–water partition coefficient (Wildman–Crippen LogP) is 2.45. The molecule has 2 rings (SSSR count). The summed E-state index contributed by atoms with van der Waals surface area (Å²) in [5, 5.41) is 11.7. The van der Waals surface area contributed by atoms with Gasteiger partial charge in [-0.2, -0.15) is 0 Å². The van der Waals surface area contributed by atoms with Crippen molar-refractivity contribution in [3.05, 3.63) is 51.7 Å². The molecule has 0 aliphatic carbocycles. The highest BCUT2D eigenvalue weighted by atomic mass is 19.1. The molecule has 0 aliphatic rings. The molecule has 2 N–H and O–H groups in total. The van der Waals surface area contributed by atoms with E-state index in [4.69, 9.17) is 5.11 Å². The van der Waals surface area contributed by atoms with Crippen LogP contribution in [0, 0.1) is 5.82 Å². The minimum absolute atomic E-state index is 0.0382. The van der Waals surface area contributed by atoms with Gasteiger partial charge in [-0.25, -0.2) is 9.07 Å². The van der Waals surface area contributed by atoms with Gasteiger partial charge in [-0.05, 0) is 30.5 Å². The fourth-order valence-electron chi connectivity index (χ4n) is 2.24. The third-order valence-electron chi connectivity index (χ3n) is 3.25. The van der Waals surface area contributed by atoms with Crippen molar-refractivity contribution < 1.29 is 14.3 Å². The van der Waals surface area contributed by atoms with Gasteiger partial charge in [0, 0.05) is 17.7 Å². The number of hydrogen-bond acceptors (Lipinski definition) is 2. The van der Waals surface area contributed by atoms with Crippen molar-refractivity contribution >= 4 is 5.97 Å². The normalized spacial score (nSPS) is 11.0. The number of carboxylic acid groups (broad SMARTS) is 1. The summed E-state index contributed by atoms with van der Waals surface area (Å²) in [6.45, 7) is 3.82. The molecule has 112 valence electrons. The molecule has 1 aromatic heterocycles. The fraction of sp³-hybridized carbons (Fsp3) is 0.333. The lowest BCUT2D eigenvalue weighted by molar-refractivity contribution is -0.136. The molecule has 1 heterocycles. The number of halogens is 1. The Morgan fingerprint density at radius 2 is 2.14 bits per heavy atom. The summed E-state index contributed by atoms with van der Waals surface area (Å²) in [5.74, 6) is -1.36. The molecule has 0 radical (unpaired) electrons. The van der Waals surface area contributed by atoms with Crippen molar-refractivity contribution in [2.45, 2.75) is 32.6 Å². The molecule has 2 aromatic rings. The zero-order chi connectivity index (χ0) is 15.6. The summed E-state index contributed by atoms with van der Waals surface area (Å²) in [4.78, 5) is 23.2. The van der Waals surface area contributed by atoms with Crippen molar-refractivity contribution in [1.29, 1.82) is 0 Å². The summed E-state index contributed by atoms with van der Waals surface area (Å²) >= 11 is 0. The van der Waals surface area contributed by atoms with Crippen LogP contribution in [0.3, 0.4) is 0 Å². The Kier molecular flexibility index (Phi) is 4.26. The summed E-state index contributed by atoms with van der Waals surface area (Å²) in [5.41, 5.74) is 1.19. The predicted molar refractivity (Wildman–Crippen MR) is 76.4 cm³/mol. The number of carboxylic acids is 1. The first-order chi connectivity index (χ1) is 9.90. The van der Waals surface area contributed by atoms with Gasteiger partial charge in [0.15, 0.2) is 0 Å². The molecule has 21 heavy (non-hydrogen) atoms.